The number of anilines is 1. The molecule has 3 N–H and O–H groups in total. The lowest BCUT2D eigenvalue weighted by molar-refractivity contribution is 0.949. The van der Waals surface area contributed by atoms with E-state index in [9.17, 15) is 4.79 Å². The van der Waals surface area contributed by atoms with Gasteiger partial charge in [-0.15, -0.1) is 11.8 Å². The Labute approximate surface area is 154 Å². The molecule has 0 aliphatic carbocycles. The molecule has 130 valence electrons. The lowest BCUT2D eigenvalue weighted by Gasteiger charge is -2.15. The first-order chi connectivity index (χ1) is 12.6. The Morgan fingerprint density at radius 1 is 1.12 bits per heavy atom. The fourth-order valence-electron chi connectivity index (χ4n) is 2.94. The summed E-state index contributed by atoms with van der Waals surface area (Å²) in [6, 6.07) is 15.7. The minimum absolute atomic E-state index is 0.156. The molecule has 0 radical (unpaired) electrons. The van der Waals surface area contributed by atoms with Gasteiger partial charge in [-0.25, -0.2) is 4.98 Å². The van der Waals surface area contributed by atoms with Crippen LogP contribution in [0.2, 0.25) is 0 Å². The van der Waals surface area contributed by atoms with Crippen molar-refractivity contribution in [1.82, 2.24) is 19.7 Å². The topological polar surface area (TPSA) is 89.6 Å². The number of aromatic nitrogens is 4. The molecule has 0 bridgehead atoms. The van der Waals surface area contributed by atoms with Gasteiger partial charge in [0.2, 0.25) is 0 Å². The second-order valence-electron chi connectivity index (χ2n) is 5.95. The summed E-state index contributed by atoms with van der Waals surface area (Å²) in [6.07, 6.45) is 1.98. The summed E-state index contributed by atoms with van der Waals surface area (Å²) in [5.41, 5.74) is 8.81. The van der Waals surface area contributed by atoms with Crippen LogP contribution in [0.5, 0.6) is 0 Å². The number of thioether (sulfide) groups is 1. The number of nitrogens with zero attached hydrogens (tertiary/aromatic N) is 3. The predicted molar refractivity (Wildman–Crippen MR) is 106 cm³/mol. The van der Waals surface area contributed by atoms with Gasteiger partial charge >= 0.3 is 0 Å². The van der Waals surface area contributed by atoms with Gasteiger partial charge in [-0.2, -0.15) is 5.10 Å². The van der Waals surface area contributed by atoms with Crippen molar-refractivity contribution in [1.29, 1.82) is 0 Å². The van der Waals surface area contributed by atoms with Crippen LogP contribution in [0, 0.1) is 6.92 Å². The van der Waals surface area contributed by atoms with Crippen LogP contribution in [-0.4, -0.2) is 26.0 Å². The molecule has 7 heteroatoms. The smallest absolute Gasteiger partial charge is 0.271 e. The molecule has 6 nitrogen and oxygen atoms in total. The summed E-state index contributed by atoms with van der Waals surface area (Å²) in [5.74, 6) is 0.705. The van der Waals surface area contributed by atoms with Gasteiger partial charge in [0.1, 0.15) is 11.2 Å². The standard InChI is InChI=1S/C19H17N5OS/c1-11-7-9-12(10-8-11)18-21-17-15(16(20)22-23-17)19(25)24(18)13-5-3-4-6-14(13)26-2/h3-10H,1-2H3,(H3,20,22,23). The number of benzene rings is 2. The van der Waals surface area contributed by atoms with Crippen molar-refractivity contribution in [3.05, 3.63) is 64.4 Å². The second-order valence-corrected chi connectivity index (χ2v) is 6.79. The third-order valence-corrected chi connectivity index (χ3v) is 5.04. The molecule has 4 aromatic rings. The maximum absolute atomic E-state index is 13.3. The maximum atomic E-state index is 13.3. The largest absolute Gasteiger partial charge is 0.381 e. The Bertz CT molecular complexity index is 1160. The molecule has 4 rings (SSSR count). The van der Waals surface area contributed by atoms with Crippen LogP contribution in [0.25, 0.3) is 28.1 Å². The fraction of sp³-hybridized carbons (Fsp3) is 0.105. The van der Waals surface area contributed by atoms with Gasteiger partial charge in [0.25, 0.3) is 5.56 Å². The number of aryl methyl sites for hydroxylation is 1. The first-order valence-corrected chi connectivity index (χ1v) is 9.29. The molecule has 0 saturated carbocycles. The van der Waals surface area contributed by atoms with Gasteiger partial charge in [0.05, 0.1) is 5.69 Å². The van der Waals surface area contributed by atoms with Gasteiger partial charge in [0.15, 0.2) is 11.5 Å². The van der Waals surface area contributed by atoms with E-state index in [2.05, 4.69) is 15.2 Å². The van der Waals surface area contributed by atoms with E-state index in [1.54, 1.807) is 16.3 Å². The van der Waals surface area contributed by atoms with E-state index >= 15 is 0 Å². The van der Waals surface area contributed by atoms with Gasteiger partial charge in [-0.1, -0.05) is 42.0 Å². The molecule has 0 unspecified atom stereocenters. The Morgan fingerprint density at radius 3 is 2.58 bits per heavy atom. The number of nitrogen functional groups attached to an aromatic ring is 1. The van der Waals surface area contributed by atoms with Crippen LogP contribution >= 0.6 is 11.8 Å². The lowest BCUT2D eigenvalue weighted by atomic mass is 10.1. The summed E-state index contributed by atoms with van der Waals surface area (Å²) in [4.78, 5) is 19.0. The molecule has 2 aromatic carbocycles. The van der Waals surface area contributed by atoms with Gasteiger partial charge in [0, 0.05) is 10.5 Å². The molecule has 0 fully saturated rings. The molecule has 2 aromatic heterocycles. The summed E-state index contributed by atoms with van der Waals surface area (Å²) in [7, 11) is 0. The third-order valence-electron chi connectivity index (χ3n) is 4.26. The first kappa shape index (κ1) is 16.4. The van der Waals surface area contributed by atoms with Crippen molar-refractivity contribution in [3.8, 4) is 17.1 Å². The number of fused-ring (bicyclic) bond motifs is 1. The van der Waals surface area contributed by atoms with Crippen molar-refractivity contribution in [3.63, 3.8) is 0 Å². The third kappa shape index (κ3) is 2.57. The fourth-order valence-corrected chi connectivity index (χ4v) is 3.52. The predicted octanol–water partition coefficient (Wildman–Crippen LogP) is 3.39. The lowest BCUT2D eigenvalue weighted by Crippen LogP contribution is -2.22. The number of para-hydroxylation sites is 1. The number of rotatable bonds is 3. The highest BCUT2D eigenvalue weighted by Gasteiger charge is 2.19. The number of nitrogens with two attached hydrogens (primary N) is 1. The Morgan fingerprint density at radius 2 is 1.85 bits per heavy atom. The number of nitrogens with one attached hydrogen (secondary N) is 1. The highest BCUT2D eigenvalue weighted by atomic mass is 32.2. The summed E-state index contributed by atoms with van der Waals surface area (Å²) < 4.78 is 1.62. The van der Waals surface area contributed by atoms with Crippen LogP contribution in [0.3, 0.4) is 0 Å². The van der Waals surface area contributed by atoms with E-state index in [-0.39, 0.29) is 11.4 Å². The normalized spacial score (nSPS) is 11.2. The average Bonchev–Trinajstić information content (AvgIpc) is 3.03. The van der Waals surface area contributed by atoms with Crippen LogP contribution in [-0.2, 0) is 0 Å². The zero-order chi connectivity index (χ0) is 18.3. The zero-order valence-electron chi connectivity index (χ0n) is 14.4. The second kappa shape index (κ2) is 6.34. The first-order valence-electron chi connectivity index (χ1n) is 8.07. The number of H-pyrrole nitrogens is 1. The summed E-state index contributed by atoms with van der Waals surface area (Å²) >= 11 is 1.57. The van der Waals surface area contributed by atoms with Crippen LogP contribution in [0.1, 0.15) is 5.56 Å². The number of hydrogen-bond acceptors (Lipinski definition) is 5. The van der Waals surface area contributed by atoms with Crippen LogP contribution < -0.4 is 11.3 Å². The molecule has 0 amide bonds. The van der Waals surface area contributed by atoms with Crippen molar-refractivity contribution >= 4 is 28.6 Å². The van der Waals surface area contributed by atoms with Crippen molar-refractivity contribution in [2.24, 2.45) is 0 Å². The van der Waals surface area contributed by atoms with E-state index < -0.39 is 0 Å². The molecule has 0 saturated heterocycles. The van der Waals surface area contributed by atoms with E-state index in [4.69, 9.17) is 5.73 Å². The summed E-state index contributed by atoms with van der Waals surface area (Å²) in [6.45, 7) is 2.02. The van der Waals surface area contributed by atoms with Crippen LogP contribution in [0.4, 0.5) is 5.82 Å². The molecule has 2 heterocycles. The molecule has 0 atom stereocenters. The van der Waals surface area contributed by atoms with Crippen molar-refractivity contribution < 1.29 is 0 Å². The minimum atomic E-state index is -0.238. The molecule has 0 aliphatic heterocycles. The van der Waals surface area contributed by atoms with E-state index in [1.807, 2.05) is 61.7 Å². The Balaban J connectivity index is 2.13. The van der Waals surface area contributed by atoms with Crippen molar-refractivity contribution in [2.75, 3.05) is 12.0 Å². The van der Waals surface area contributed by atoms with E-state index in [0.717, 1.165) is 21.7 Å². The van der Waals surface area contributed by atoms with Gasteiger partial charge in [-0.05, 0) is 25.3 Å². The molecular weight excluding hydrogens is 346 g/mol. The molecule has 0 spiro atoms. The minimum Gasteiger partial charge on any atom is -0.381 e. The highest BCUT2D eigenvalue weighted by Crippen LogP contribution is 2.28. The number of aromatic amines is 1. The van der Waals surface area contributed by atoms with E-state index in [0.29, 0.717) is 16.9 Å². The molecular formula is C19H17N5OS. The number of hydrogen-bond donors (Lipinski definition) is 2. The SMILES string of the molecule is CSc1ccccc1-n1c(-c2ccc(C)cc2)nc2[nH]nc(N)c2c1=O. The summed E-state index contributed by atoms with van der Waals surface area (Å²) in [5, 5.41) is 7.01. The molecule has 0 aliphatic rings. The van der Waals surface area contributed by atoms with Crippen molar-refractivity contribution in [2.45, 2.75) is 11.8 Å². The quantitative estimate of drug-likeness (QED) is 0.545. The highest BCUT2D eigenvalue weighted by molar-refractivity contribution is 7.98. The maximum Gasteiger partial charge on any atom is 0.271 e. The average molecular weight is 363 g/mol. The van der Waals surface area contributed by atoms with Gasteiger partial charge < -0.3 is 5.73 Å². The van der Waals surface area contributed by atoms with E-state index in [1.165, 1.54) is 0 Å². The van der Waals surface area contributed by atoms with Gasteiger partial charge in [-0.3, -0.25) is 14.5 Å². The Hall–Kier alpha value is -3.06. The zero-order valence-corrected chi connectivity index (χ0v) is 15.2. The molecule has 26 heavy (non-hydrogen) atoms. The van der Waals surface area contributed by atoms with Crippen LogP contribution in [0.15, 0.2) is 58.2 Å². The monoisotopic (exact) mass is 363 g/mol. The Kier molecular flexibility index (Phi) is 4.00.